The van der Waals surface area contributed by atoms with E-state index in [1.54, 1.807) is 0 Å². The SMILES string of the molecule is O=C(O)CC1(NC(=O)c2ncn[nH]2)CCC1. The molecule has 0 spiro atoms. The molecule has 1 aromatic rings. The number of rotatable bonds is 4. The van der Waals surface area contributed by atoms with Crippen molar-refractivity contribution in [2.75, 3.05) is 0 Å². The maximum Gasteiger partial charge on any atom is 0.305 e. The van der Waals surface area contributed by atoms with Gasteiger partial charge in [0.25, 0.3) is 5.91 Å². The molecule has 1 aliphatic carbocycles. The Hall–Kier alpha value is -1.92. The van der Waals surface area contributed by atoms with E-state index in [0.717, 1.165) is 6.42 Å². The summed E-state index contributed by atoms with van der Waals surface area (Å²) in [6.45, 7) is 0. The zero-order chi connectivity index (χ0) is 11.6. The number of aromatic amines is 1. The number of aliphatic carboxylic acids is 1. The lowest BCUT2D eigenvalue weighted by atomic mass is 9.74. The summed E-state index contributed by atoms with van der Waals surface area (Å²) in [6.07, 6.45) is 3.51. The molecule has 0 radical (unpaired) electrons. The molecule has 0 unspecified atom stereocenters. The monoisotopic (exact) mass is 224 g/mol. The maximum atomic E-state index is 11.7. The van der Waals surface area contributed by atoms with E-state index in [2.05, 4.69) is 20.5 Å². The van der Waals surface area contributed by atoms with E-state index in [-0.39, 0.29) is 12.2 Å². The number of hydrogen-bond acceptors (Lipinski definition) is 4. The van der Waals surface area contributed by atoms with Crippen LogP contribution in [-0.4, -0.2) is 37.7 Å². The highest BCUT2D eigenvalue weighted by Crippen LogP contribution is 2.35. The molecular weight excluding hydrogens is 212 g/mol. The Morgan fingerprint density at radius 2 is 2.31 bits per heavy atom. The van der Waals surface area contributed by atoms with Crippen LogP contribution in [0.25, 0.3) is 0 Å². The molecule has 7 nitrogen and oxygen atoms in total. The molecule has 1 saturated carbocycles. The second-order valence-corrected chi connectivity index (χ2v) is 3.99. The minimum absolute atomic E-state index is 0.0487. The van der Waals surface area contributed by atoms with Gasteiger partial charge in [0, 0.05) is 0 Å². The normalized spacial score (nSPS) is 17.5. The largest absolute Gasteiger partial charge is 0.481 e. The Labute approximate surface area is 91.3 Å². The number of H-pyrrole nitrogens is 1. The lowest BCUT2D eigenvalue weighted by Gasteiger charge is -2.41. The van der Waals surface area contributed by atoms with Gasteiger partial charge < -0.3 is 10.4 Å². The van der Waals surface area contributed by atoms with E-state index >= 15 is 0 Å². The lowest BCUT2D eigenvalue weighted by Crippen LogP contribution is -2.54. The fraction of sp³-hybridized carbons (Fsp3) is 0.556. The molecule has 1 aromatic heterocycles. The van der Waals surface area contributed by atoms with Crippen molar-refractivity contribution >= 4 is 11.9 Å². The van der Waals surface area contributed by atoms with Crippen LogP contribution >= 0.6 is 0 Å². The van der Waals surface area contributed by atoms with E-state index in [9.17, 15) is 9.59 Å². The maximum absolute atomic E-state index is 11.7. The summed E-state index contributed by atoms with van der Waals surface area (Å²) in [6, 6.07) is 0. The fourth-order valence-corrected chi connectivity index (χ4v) is 1.85. The van der Waals surface area contributed by atoms with Gasteiger partial charge in [-0.05, 0) is 19.3 Å². The molecule has 16 heavy (non-hydrogen) atoms. The van der Waals surface area contributed by atoms with Crippen LogP contribution in [0.2, 0.25) is 0 Å². The Balaban J connectivity index is 2.02. The summed E-state index contributed by atoms with van der Waals surface area (Å²) >= 11 is 0. The van der Waals surface area contributed by atoms with Crippen LogP contribution in [0, 0.1) is 0 Å². The second kappa shape index (κ2) is 3.92. The first-order chi connectivity index (χ1) is 7.61. The third-order valence-corrected chi connectivity index (χ3v) is 2.81. The van der Waals surface area contributed by atoms with Gasteiger partial charge in [-0.25, -0.2) is 4.98 Å². The predicted molar refractivity (Wildman–Crippen MR) is 52.7 cm³/mol. The van der Waals surface area contributed by atoms with Gasteiger partial charge >= 0.3 is 5.97 Å². The molecule has 0 atom stereocenters. The molecule has 0 saturated heterocycles. The van der Waals surface area contributed by atoms with Crippen molar-refractivity contribution in [3.8, 4) is 0 Å². The van der Waals surface area contributed by atoms with Crippen LogP contribution in [-0.2, 0) is 4.79 Å². The van der Waals surface area contributed by atoms with Gasteiger partial charge in [0.1, 0.15) is 6.33 Å². The van der Waals surface area contributed by atoms with Crippen molar-refractivity contribution in [1.29, 1.82) is 0 Å². The van der Waals surface area contributed by atoms with E-state index < -0.39 is 17.4 Å². The molecule has 1 amide bonds. The summed E-state index contributed by atoms with van der Waals surface area (Å²) in [5, 5.41) is 17.5. The van der Waals surface area contributed by atoms with Gasteiger partial charge in [0.05, 0.1) is 12.0 Å². The van der Waals surface area contributed by atoms with Gasteiger partial charge in [0.15, 0.2) is 0 Å². The number of amides is 1. The highest BCUT2D eigenvalue weighted by molar-refractivity contribution is 5.91. The molecule has 0 bridgehead atoms. The summed E-state index contributed by atoms with van der Waals surface area (Å²) in [4.78, 5) is 26.1. The summed E-state index contributed by atoms with van der Waals surface area (Å²) in [5.74, 6) is -1.20. The number of nitrogens with one attached hydrogen (secondary N) is 2. The van der Waals surface area contributed by atoms with Crippen LogP contribution in [0.4, 0.5) is 0 Å². The van der Waals surface area contributed by atoms with Crippen LogP contribution in [0.1, 0.15) is 36.3 Å². The van der Waals surface area contributed by atoms with Gasteiger partial charge in [-0.3, -0.25) is 14.7 Å². The van der Waals surface area contributed by atoms with Crippen LogP contribution < -0.4 is 5.32 Å². The number of carbonyl (C=O) groups excluding carboxylic acids is 1. The van der Waals surface area contributed by atoms with Crippen molar-refractivity contribution in [2.45, 2.75) is 31.2 Å². The standard InChI is InChI=1S/C9H12N4O3/c14-6(15)4-9(2-1-3-9)12-8(16)7-10-5-11-13-7/h5H,1-4H2,(H,12,16)(H,14,15)(H,10,11,13). The number of carboxylic acid groups (broad SMARTS) is 1. The predicted octanol–water partition coefficient (Wildman–Crippen LogP) is -0.0681. The third kappa shape index (κ3) is 2.02. The summed E-state index contributed by atoms with van der Waals surface area (Å²) < 4.78 is 0. The third-order valence-electron chi connectivity index (χ3n) is 2.81. The van der Waals surface area contributed by atoms with Crippen LogP contribution in [0.5, 0.6) is 0 Å². The fourth-order valence-electron chi connectivity index (χ4n) is 1.85. The molecule has 0 aliphatic heterocycles. The highest BCUT2D eigenvalue weighted by atomic mass is 16.4. The smallest absolute Gasteiger partial charge is 0.305 e. The molecule has 1 aliphatic rings. The minimum Gasteiger partial charge on any atom is -0.481 e. The first kappa shape index (κ1) is 10.6. The topological polar surface area (TPSA) is 108 Å². The minimum atomic E-state index is -0.905. The van der Waals surface area contributed by atoms with Crippen LogP contribution in [0.15, 0.2) is 6.33 Å². The Bertz CT molecular complexity index is 397. The highest BCUT2D eigenvalue weighted by Gasteiger charge is 2.40. The number of hydrogen-bond donors (Lipinski definition) is 3. The Morgan fingerprint density at radius 3 is 2.75 bits per heavy atom. The zero-order valence-corrected chi connectivity index (χ0v) is 8.56. The zero-order valence-electron chi connectivity index (χ0n) is 8.56. The Morgan fingerprint density at radius 1 is 1.56 bits per heavy atom. The summed E-state index contributed by atoms with van der Waals surface area (Å²) in [7, 11) is 0. The van der Waals surface area contributed by atoms with Crippen molar-refractivity contribution in [1.82, 2.24) is 20.5 Å². The van der Waals surface area contributed by atoms with Crippen molar-refractivity contribution < 1.29 is 14.7 Å². The molecule has 1 fully saturated rings. The molecule has 2 rings (SSSR count). The van der Waals surface area contributed by atoms with Gasteiger partial charge in [-0.1, -0.05) is 0 Å². The first-order valence-corrected chi connectivity index (χ1v) is 5.01. The van der Waals surface area contributed by atoms with Gasteiger partial charge in [-0.15, -0.1) is 0 Å². The lowest BCUT2D eigenvalue weighted by molar-refractivity contribution is -0.139. The quantitative estimate of drug-likeness (QED) is 0.663. The number of carbonyl (C=O) groups is 2. The Kier molecular flexibility index (Phi) is 2.59. The van der Waals surface area contributed by atoms with E-state index in [4.69, 9.17) is 5.11 Å². The average molecular weight is 224 g/mol. The number of carboxylic acids is 1. The van der Waals surface area contributed by atoms with Gasteiger partial charge in [-0.2, -0.15) is 5.10 Å². The molecule has 1 heterocycles. The molecular formula is C9H12N4O3. The molecule has 86 valence electrons. The molecule has 3 N–H and O–H groups in total. The van der Waals surface area contributed by atoms with E-state index in [1.165, 1.54) is 6.33 Å². The van der Waals surface area contributed by atoms with Crippen molar-refractivity contribution in [2.24, 2.45) is 0 Å². The average Bonchev–Trinajstić information content (AvgIpc) is 2.66. The number of aromatic nitrogens is 3. The first-order valence-electron chi connectivity index (χ1n) is 5.01. The second-order valence-electron chi connectivity index (χ2n) is 3.99. The van der Waals surface area contributed by atoms with E-state index in [1.807, 2.05) is 0 Å². The van der Waals surface area contributed by atoms with E-state index in [0.29, 0.717) is 12.8 Å². The van der Waals surface area contributed by atoms with Crippen molar-refractivity contribution in [3.63, 3.8) is 0 Å². The summed E-state index contributed by atoms with van der Waals surface area (Å²) in [5.41, 5.74) is -0.601. The molecule has 7 heteroatoms. The molecule has 0 aromatic carbocycles. The van der Waals surface area contributed by atoms with Gasteiger partial charge in [0.2, 0.25) is 5.82 Å². The van der Waals surface area contributed by atoms with Crippen molar-refractivity contribution in [3.05, 3.63) is 12.2 Å². The number of nitrogens with zero attached hydrogens (tertiary/aromatic N) is 2. The van der Waals surface area contributed by atoms with Crippen LogP contribution in [0.3, 0.4) is 0 Å².